The van der Waals surface area contributed by atoms with Gasteiger partial charge >= 0.3 is 0 Å². The van der Waals surface area contributed by atoms with Gasteiger partial charge in [0.15, 0.2) is 11.9 Å². The molecule has 0 saturated heterocycles. The molecule has 4 rings (SSSR count). The van der Waals surface area contributed by atoms with Crippen LogP contribution in [0.3, 0.4) is 0 Å². The summed E-state index contributed by atoms with van der Waals surface area (Å²) in [6.45, 7) is 0. The Hall–Kier alpha value is -1.04. The highest BCUT2D eigenvalue weighted by molar-refractivity contribution is 9.10. The molecule has 4 nitrogen and oxygen atoms in total. The number of likely N-dealkylation sites (N-methyl/N-ethyl adjacent to an activating group) is 1. The van der Waals surface area contributed by atoms with Crippen LogP contribution in [0.2, 0.25) is 5.02 Å². The van der Waals surface area contributed by atoms with Crippen LogP contribution in [0.25, 0.3) is 0 Å². The molecule has 1 aliphatic carbocycles. The standard InChI is InChI=1S/C17H18BrClN2O2/c1-21(2)11-3-4-14-12(8-11)17(23-20-14)15-6-9-5-10(19)7-13(18)16(9)22-15/h5,7,11,15H,3-4,6,8H2,1-2H3. The Labute approximate surface area is 148 Å². The van der Waals surface area contributed by atoms with Crippen molar-refractivity contribution in [3.63, 3.8) is 0 Å². The number of aryl methyl sites for hydroxylation is 1. The van der Waals surface area contributed by atoms with Gasteiger partial charge in [-0.05, 0) is 61.4 Å². The second-order valence-corrected chi connectivity index (χ2v) is 7.81. The molecule has 0 spiro atoms. The second-order valence-electron chi connectivity index (χ2n) is 6.52. The van der Waals surface area contributed by atoms with Gasteiger partial charge < -0.3 is 14.2 Å². The summed E-state index contributed by atoms with van der Waals surface area (Å²) in [7, 11) is 4.26. The molecule has 0 saturated carbocycles. The van der Waals surface area contributed by atoms with Crippen molar-refractivity contribution in [3.8, 4) is 5.75 Å². The highest BCUT2D eigenvalue weighted by Gasteiger charge is 2.35. The van der Waals surface area contributed by atoms with Crippen LogP contribution in [0.15, 0.2) is 21.1 Å². The lowest BCUT2D eigenvalue weighted by Gasteiger charge is -2.27. The summed E-state index contributed by atoms with van der Waals surface area (Å²) in [5.41, 5.74) is 3.43. The van der Waals surface area contributed by atoms with Crippen molar-refractivity contribution in [2.45, 2.75) is 37.8 Å². The third-order valence-corrected chi connectivity index (χ3v) is 5.63. The quantitative estimate of drug-likeness (QED) is 0.762. The SMILES string of the molecule is CN(C)C1CCc2noc(C3Cc4cc(Cl)cc(Br)c4O3)c2C1. The van der Waals surface area contributed by atoms with E-state index in [-0.39, 0.29) is 6.10 Å². The molecule has 1 aromatic carbocycles. The molecule has 122 valence electrons. The second kappa shape index (κ2) is 5.80. The summed E-state index contributed by atoms with van der Waals surface area (Å²) < 4.78 is 12.7. The van der Waals surface area contributed by atoms with Gasteiger partial charge in [-0.2, -0.15) is 0 Å². The Kier molecular flexibility index (Phi) is 3.90. The highest BCUT2D eigenvalue weighted by Crippen LogP contribution is 2.44. The van der Waals surface area contributed by atoms with Crippen LogP contribution >= 0.6 is 27.5 Å². The average molecular weight is 398 g/mol. The first kappa shape index (κ1) is 15.5. The number of hydrogen-bond acceptors (Lipinski definition) is 4. The largest absolute Gasteiger partial charge is 0.481 e. The van der Waals surface area contributed by atoms with Crippen LogP contribution in [0.4, 0.5) is 0 Å². The van der Waals surface area contributed by atoms with E-state index < -0.39 is 0 Å². The molecule has 6 heteroatoms. The van der Waals surface area contributed by atoms with E-state index in [9.17, 15) is 0 Å². The lowest BCUT2D eigenvalue weighted by molar-refractivity contribution is 0.186. The van der Waals surface area contributed by atoms with Gasteiger partial charge in [0, 0.05) is 28.6 Å². The zero-order chi connectivity index (χ0) is 16.1. The average Bonchev–Trinajstić information content (AvgIpc) is 3.09. The van der Waals surface area contributed by atoms with Crippen molar-refractivity contribution in [3.05, 3.63) is 44.2 Å². The molecule has 1 aliphatic heterocycles. The maximum Gasteiger partial charge on any atom is 0.181 e. The Morgan fingerprint density at radius 1 is 1.30 bits per heavy atom. The van der Waals surface area contributed by atoms with Crippen LogP contribution in [0.5, 0.6) is 5.75 Å². The van der Waals surface area contributed by atoms with E-state index in [4.69, 9.17) is 20.9 Å². The summed E-state index contributed by atoms with van der Waals surface area (Å²) in [4.78, 5) is 2.28. The zero-order valence-electron chi connectivity index (χ0n) is 13.1. The third kappa shape index (κ3) is 2.69. The molecule has 2 aromatic rings. The molecular formula is C17H18BrClN2O2. The van der Waals surface area contributed by atoms with Gasteiger partial charge in [-0.15, -0.1) is 0 Å². The van der Waals surface area contributed by atoms with Crippen LogP contribution in [0, 0.1) is 0 Å². The van der Waals surface area contributed by atoms with E-state index in [0.717, 1.165) is 52.9 Å². The van der Waals surface area contributed by atoms with Crippen LogP contribution in [-0.4, -0.2) is 30.2 Å². The number of ether oxygens (including phenoxy) is 1. The monoisotopic (exact) mass is 396 g/mol. The summed E-state index contributed by atoms with van der Waals surface area (Å²) in [6, 6.07) is 4.36. The fourth-order valence-electron chi connectivity index (χ4n) is 3.53. The lowest BCUT2D eigenvalue weighted by Crippen LogP contribution is -2.33. The molecule has 0 N–H and O–H groups in total. The number of fused-ring (bicyclic) bond motifs is 2. The van der Waals surface area contributed by atoms with Crippen LogP contribution in [0.1, 0.15) is 35.1 Å². The number of benzene rings is 1. The lowest BCUT2D eigenvalue weighted by atomic mass is 9.89. The van der Waals surface area contributed by atoms with E-state index in [1.54, 1.807) is 0 Å². The van der Waals surface area contributed by atoms with Gasteiger partial charge in [0.25, 0.3) is 0 Å². The number of hydrogen-bond donors (Lipinski definition) is 0. The number of aromatic nitrogens is 1. The van der Waals surface area contributed by atoms with Gasteiger partial charge in [0.2, 0.25) is 0 Å². The minimum Gasteiger partial charge on any atom is -0.481 e. The van der Waals surface area contributed by atoms with Gasteiger partial charge in [-0.1, -0.05) is 16.8 Å². The van der Waals surface area contributed by atoms with E-state index >= 15 is 0 Å². The Morgan fingerprint density at radius 3 is 2.91 bits per heavy atom. The first-order chi connectivity index (χ1) is 11.0. The fourth-order valence-corrected chi connectivity index (χ4v) is 4.50. The third-order valence-electron chi connectivity index (χ3n) is 4.83. The molecular weight excluding hydrogens is 380 g/mol. The molecule has 2 aliphatic rings. The van der Waals surface area contributed by atoms with Crippen molar-refractivity contribution in [2.24, 2.45) is 0 Å². The van der Waals surface area contributed by atoms with Gasteiger partial charge in [0.05, 0.1) is 10.2 Å². The van der Waals surface area contributed by atoms with E-state index in [2.05, 4.69) is 40.1 Å². The van der Waals surface area contributed by atoms with E-state index in [0.29, 0.717) is 11.1 Å². The van der Waals surface area contributed by atoms with Crippen LogP contribution in [-0.2, 0) is 19.3 Å². The van der Waals surface area contributed by atoms with Crippen molar-refractivity contribution >= 4 is 27.5 Å². The van der Waals surface area contributed by atoms with Gasteiger partial charge in [-0.3, -0.25) is 0 Å². The topological polar surface area (TPSA) is 38.5 Å². The first-order valence-corrected chi connectivity index (χ1v) is 8.98. The molecule has 0 radical (unpaired) electrons. The number of nitrogens with zero attached hydrogens (tertiary/aromatic N) is 2. The maximum absolute atomic E-state index is 6.15. The maximum atomic E-state index is 6.15. The Balaban J connectivity index is 1.64. The summed E-state index contributed by atoms with van der Waals surface area (Å²) >= 11 is 9.67. The van der Waals surface area contributed by atoms with Crippen molar-refractivity contribution < 1.29 is 9.26 Å². The van der Waals surface area contributed by atoms with Crippen molar-refractivity contribution in [1.82, 2.24) is 10.1 Å². The summed E-state index contributed by atoms with van der Waals surface area (Å²) in [5.74, 6) is 1.75. The fraction of sp³-hybridized carbons (Fsp3) is 0.471. The minimum absolute atomic E-state index is 0.114. The van der Waals surface area contributed by atoms with Gasteiger partial charge in [0.1, 0.15) is 5.75 Å². The van der Waals surface area contributed by atoms with Crippen molar-refractivity contribution in [1.29, 1.82) is 0 Å². The molecule has 0 fully saturated rings. The predicted molar refractivity (Wildman–Crippen MR) is 92.2 cm³/mol. The highest BCUT2D eigenvalue weighted by atomic mass is 79.9. The number of halogens is 2. The Bertz CT molecular complexity index is 759. The molecule has 2 unspecified atom stereocenters. The number of rotatable bonds is 2. The van der Waals surface area contributed by atoms with E-state index in [1.807, 2.05) is 12.1 Å². The molecule has 2 atom stereocenters. The van der Waals surface area contributed by atoms with E-state index in [1.165, 1.54) is 5.56 Å². The molecule has 1 aromatic heterocycles. The van der Waals surface area contributed by atoms with Crippen LogP contribution < -0.4 is 4.74 Å². The minimum atomic E-state index is -0.114. The van der Waals surface area contributed by atoms with Gasteiger partial charge in [-0.25, -0.2) is 0 Å². The normalized spacial score (nSPS) is 22.8. The molecule has 2 heterocycles. The summed E-state index contributed by atoms with van der Waals surface area (Å²) in [5, 5.41) is 5.00. The molecule has 0 bridgehead atoms. The smallest absolute Gasteiger partial charge is 0.181 e. The first-order valence-electron chi connectivity index (χ1n) is 7.81. The molecule has 23 heavy (non-hydrogen) atoms. The predicted octanol–water partition coefficient (Wildman–Crippen LogP) is 4.19. The Morgan fingerprint density at radius 2 is 2.13 bits per heavy atom. The summed E-state index contributed by atoms with van der Waals surface area (Å²) in [6.07, 6.45) is 3.72. The molecule has 0 amide bonds. The zero-order valence-corrected chi connectivity index (χ0v) is 15.4. The van der Waals surface area contributed by atoms with Crippen molar-refractivity contribution in [2.75, 3.05) is 14.1 Å².